The van der Waals surface area contributed by atoms with Crippen molar-refractivity contribution in [1.82, 2.24) is 9.97 Å². The third-order valence-electron chi connectivity index (χ3n) is 4.58. The number of benzene rings is 3. The maximum Gasteiger partial charge on any atom is 0.138 e. The van der Waals surface area contributed by atoms with Gasteiger partial charge in [-0.2, -0.15) is 15.8 Å². The van der Waals surface area contributed by atoms with Gasteiger partial charge in [0.2, 0.25) is 0 Å². The molecule has 5 nitrogen and oxygen atoms in total. The first-order valence-corrected chi connectivity index (χ1v) is 8.83. The molecule has 0 unspecified atom stereocenters. The molecule has 0 radical (unpaired) electrons. The second kappa shape index (κ2) is 7.53. The summed E-state index contributed by atoms with van der Waals surface area (Å²) < 4.78 is 0. The molecule has 0 bridgehead atoms. The maximum absolute atomic E-state index is 9.06. The number of hydrogen-bond acceptors (Lipinski definition) is 4. The number of aromatic nitrogens is 2. The maximum atomic E-state index is 9.06. The zero-order chi connectivity index (χ0) is 20.2. The molecule has 1 heterocycles. The van der Waals surface area contributed by atoms with Gasteiger partial charge in [0.05, 0.1) is 46.3 Å². The van der Waals surface area contributed by atoms with Crippen LogP contribution in [0.1, 0.15) is 16.7 Å². The summed E-state index contributed by atoms with van der Waals surface area (Å²) in [6.45, 7) is 0. The highest BCUT2D eigenvalue weighted by Gasteiger charge is 2.15. The van der Waals surface area contributed by atoms with Crippen molar-refractivity contribution in [2.45, 2.75) is 0 Å². The van der Waals surface area contributed by atoms with E-state index in [4.69, 9.17) is 20.8 Å². The van der Waals surface area contributed by atoms with Crippen LogP contribution in [0.25, 0.3) is 33.9 Å². The predicted octanol–water partition coefficient (Wildman–Crippen LogP) is 5.03. The van der Waals surface area contributed by atoms with Crippen LogP contribution in [0.2, 0.25) is 0 Å². The zero-order valence-corrected chi connectivity index (χ0v) is 15.2. The Morgan fingerprint density at radius 3 is 1.41 bits per heavy atom. The predicted molar refractivity (Wildman–Crippen MR) is 109 cm³/mol. The molecule has 0 aliphatic rings. The quantitative estimate of drug-likeness (QED) is 0.546. The summed E-state index contributed by atoms with van der Waals surface area (Å²) in [6.07, 6.45) is 0. The molecule has 134 valence electrons. The van der Waals surface area contributed by atoms with Gasteiger partial charge < -0.3 is 4.98 Å². The van der Waals surface area contributed by atoms with Gasteiger partial charge in [-0.1, -0.05) is 24.3 Å². The lowest BCUT2D eigenvalue weighted by molar-refractivity contribution is 1.31. The van der Waals surface area contributed by atoms with E-state index in [1.165, 1.54) is 0 Å². The van der Waals surface area contributed by atoms with Crippen molar-refractivity contribution in [2.24, 2.45) is 0 Å². The average Bonchev–Trinajstić information content (AvgIpc) is 3.24. The van der Waals surface area contributed by atoms with E-state index in [1.807, 2.05) is 36.4 Å². The molecule has 1 N–H and O–H groups in total. The number of aromatic amines is 1. The minimum absolute atomic E-state index is 0.580. The topological polar surface area (TPSA) is 100 Å². The first kappa shape index (κ1) is 17.7. The molecule has 0 spiro atoms. The van der Waals surface area contributed by atoms with E-state index in [0.717, 1.165) is 28.1 Å². The van der Waals surface area contributed by atoms with Crippen LogP contribution in [0.4, 0.5) is 0 Å². The zero-order valence-electron chi connectivity index (χ0n) is 15.2. The minimum atomic E-state index is 0.580. The number of rotatable bonds is 3. The van der Waals surface area contributed by atoms with Crippen LogP contribution in [0.15, 0.2) is 72.8 Å². The van der Waals surface area contributed by atoms with Crippen molar-refractivity contribution < 1.29 is 0 Å². The summed E-state index contributed by atoms with van der Waals surface area (Å²) in [5.74, 6) is 0.674. The smallest absolute Gasteiger partial charge is 0.138 e. The summed E-state index contributed by atoms with van der Waals surface area (Å²) in [7, 11) is 0. The Morgan fingerprint density at radius 1 is 0.552 bits per heavy atom. The van der Waals surface area contributed by atoms with Crippen molar-refractivity contribution in [3.63, 3.8) is 0 Å². The van der Waals surface area contributed by atoms with E-state index in [1.54, 1.807) is 36.4 Å². The second-order valence-corrected chi connectivity index (χ2v) is 6.38. The highest BCUT2D eigenvalue weighted by atomic mass is 14.9. The Hall–Kier alpha value is -4.66. The summed E-state index contributed by atoms with van der Waals surface area (Å²) >= 11 is 0. The Labute approximate surface area is 167 Å². The van der Waals surface area contributed by atoms with E-state index >= 15 is 0 Å². The van der Waals surface area contributed by atoms with Crippen LogP contribution in [-0.4, -0.2) is 9.97 Å². The number of hydrogen-bond donors (Lipinski definition) is 1. The Balaban J connectivity index is 1.86. The summed E-state index contributed by atoms with van der Waals surface area (Å²) in [6, 6.07) is 28.1. The van der Waals surface area contributed by atoms with Gasteiger partial charge in [-0.25, -0.2) is 4.98 Å². The van der Waals surface area contributed by atoms with Gasteiger partial charge in [0.25, 0.3) is 0 Å². The first-order chi connectivity index (χ1) is 14.2. The lowest BCUT2D eigenvalue weighted by Gasteiger charge is -2.03. The van der Waals surface area contributed by atoms with Gasteiger partial charge in [-0.3, -0.25) is 0 Å². The van der Waals surface area contributed by atoms with Gasteiger partial charge in [-0.05, 0) is 48.5 Å². The summed E-state index contributed by atoms with van der Waals surface area (Å²) in [5.41, 5.74) is 5.95. The molecule has 4 aromatic rings. The van der Waals surface area contributed by atoms with Crippen LogP contribution in [0, 0.1) is 34.0 Å². The lowest BCUT2D eigenvalue weighted by atomic mass is 10.0. The van der Waals surface area contributed by atoms with E-state index in [0.29, 0.717) is 22.5 Å². The normalized spacial score (nSPS) is 9.97. The molecule has 1 aromatic heterocycles. The number of nitriles is 3. The van der Waals surface area contributed by atoms with Crippen LogP contribution in [0.3, 0.4) is 0 Å². The molecule has 0 saturated carbocycles. The van der Waals surface area contributed by atoms with Crippen LogP contribution >= 0.6 is 0 Å². The van der Waals surface area contributed by atoms with Crippen LogP contribution in [0.5, 0.6) is 0 Å². The van der Waals surface area contributed by atoms with E-state index in [9.17, 15) is 0 Å². The first-order valence-electron chi connectivity index (χ1n) is 8.83. The second-order valence-electron chi connectivity index (χ2n) is 6.38. The minimum Gasteiger partial charge on any atom is -0.337 e. The van der Waals surface area contributed by atoms with Gasteiger partial charge in [-0.15, -0.1) is 0 Å². The van der Waals surface area contributed by atoms with Crippen LogP contribution in [-0.2, 0) is 0 Å². The highest BCUT2D eigenvalue weighted by Crippen LogP contribution is 2.33. The van der Waals surface area contributed by atoms with Crippen molar-refractivity contribution in [3.8, 4) is 52.1 Å². The van der Waals surface area contributed by atoms with Crippen molar-refractivity contribution in [2.75, 3.05) is 0 Å². The number of H-pyrrole nitrogens is 1. The fourth-order valence-electron chi connectivity index (χ4n) is 3.04. The standard InChI is InChI=1S/C24H13N5/c25-13-16-1-7-19(8-2-16)22-23(20-9-3-17(14-26)4-10-20)29-24(28-22)21-11-5-18(15-27)6-12-21/h1-12H,(H,28,29). The Kier molecular flexibility index (Phi) is 4.60. The lowest BCUT2D eigenvalue weighted by Crippen LogP contribution is -1.85. The summed E-state index contributed by atoms with van der Waals surface area (Å²) in [4.78, 5) is 8.17. The summed E-state index contributed by atoms with van der Waals surface area (Å²) in [5, 5.41) is 27.1. The van der Waals surface area contributed by atoms with Gasteiger partial charge >= 0.3 is 0 Å². The molecule has 3 aromatic carbocycles. The molecule has 4 rings (SSSR count). The van der Waals surface area contributed by atoms with Gasteiger partial charge in [0.1, 0.15) is 5.82 Å². The van der Waals surface area contributed by atoms with Crippen molar-refractivity contribution in [1.29, 1.82) is 15.8 Å². The largest absolute Gasteiger partial charge is 0.337 e. The average molecular weight is 371 g/mol. The number of nitrogens with one attached hydrogen (secondary N) is 1. The van der Waals surface area contributed by atoms with Gasteiger partial charge in [0.15, 0.2) is 0 Å². The Morgan fingerprint density at radius 2 is 0.966 bits per heavy atom. The third-order valence-corrected chi connectivity index (χ3v) is 4.58. The fourth-order valence-corrected chi connectivity index (χ4v) is 3.04. The molecule has 0 aliphatic carbocycles. The molecule has 0 saturated heterocycles. The molecular weight excluding hydrogens is 358 g/mol. The fraction of sp³-hybridized carbons (Fsp3) is 0. The van der Waals surface area contributed by atoms with Crippen molar-refractivity contribution >= 4 is 0 Å². The monoisotopic (exact) mass is 371 g/mol. The molecular formula is C24H13N5. The van der Waals surface area contributed by atoms with Gasteiger partial charge in [0, 0.05) is 16.7 Å². The van der Waals surface area contributed by atoms with Crippen LogP contribution < -0.4 is 0 Å². The molecule has 0 aliphatic heterocycles. The van der Waals surface area contributed by atoms with Crippen molar-refractivity contribution in [3.05, 3.63) is 89.5 Å². The molecule has 0 fully saturated rings. The molecule has 0 amide bonds. The Bertz CT molecular complexity index is 1220. The van der Waals surface area contributed by atoms with E-state index in [2.05, 4.69) is 23.2 Å². The molecule has 0 atom stereocenters. The number of nitrogens with zero attached hydrogens (tertiary/aromatic N) is 4. The van der Waals surface area contributed by atoms with E-state index < -0.39 is 0 Å². The molecule has 5 heteroatoms. The highest BCUT2D eigenvalue weighted by molar-refractivity contribution is 5.81. The molecule has 29 heavy (non-hydrogen) atoms. The number of imidazole rings is 1. The van der Waals surface area contributed by atoms with E-state index in [-0.39, 0.29) is 0 Å². The SMILES string of the molecule is N#Cc1ccc(-c2nc(-c3ccc(C#N)cc3)c(-c3ccc(C#N)cc3)[nH]2)cc1. The third kappa shape index (κ3) is 3.47.